The van der Waals surface area contributed by atoms with Crippen LogP contribution < -0.4 is 5.32 Å². The Labute approximate surface area is 198 Å². The van der Waals surface area contributed by atoms with E-state index in [1.165, 1.54) is 36.0 Å². The maximum atomic E-state index is 13.2. The van der Waals surface area contributed by atoms with E-state index < -0.39 is 5.60 Å². The number of rotatable bonds is 7. The summed E-state index contributed by atoms with van der Waals surface area (Å²) in [6.45, 7) is 6.85. The summed E-state index contributed by atoms with van der Waals surface area (Å²) in [7, 11) is 0. The Kier molecular flexibility index (Phi) is 6.22. The number of carbonyl (C=O) groups is 1. The Morgan fingerprint density at radius 2 is 1.88 bits per heavy atom. The molecule has 0 bridgehead atoms. The molecule has 2 aromatic carbocycles. The van der Waals surface area contributed by atoms with Crippen LogP contribution in [0.2, 0.25) is 0 Å². The molecule has 1 saturated heterocycles. The predicted molar refractivity (Wildman–Crippen MR) is 132 cm³/mol. The maximum Gasteiger partial charge on any atom is 0.408 e. The largest absolute Gasteiger partial charge is 0.444 e. The molecule has 33 heavy (non-hydrogen) atoms. The number of benzene rings is 2. The molecule has 4 nitrogen and oxygen atoms in total. The van der Waals surface area contributed by atoms with Gasteiger partial charge in [0.2, 0.25) is 0 Å². The van der Waals surface area contributed by atoms with Crippen molar-refractivity contribution in [2.45, 2.75) is 82.4 Å². The van der Waals surface area contributed by atoms with Gasteiger partial charge in [0.05, 0.1) is 5.54 Å². The lowest BCUT2D eigenvalue weighted by atomic mass is 9.71. The topological polar surface area (TPSA) is 41.6 Å². The van der Waals surface area contributed by atoms with Gasteiger partial charge in [0, 0.05) is 25.6 Å². The summed E-state index contributed by atoms with van der Waals surface area (Å²) in [5, 5.41) is 3.42. The molecule has 2 atom stereocenters. The van der Waals surface area contributed by atoms with E-state index in [4.69, 9.17) is 4.74 Å². The van der Waals surface area contributed by atoms with Crippen molar-refractivity contribution in [3.8, 4) is 0 Å². The van der Waals surface area contributed by atoms with Gasteiger partial charge in [0.25, 0.3) is 0 Å². The zero-order chi connectivity index (χ0) is 22.9. The van der Waals surface area contributed by atoms with Crippen LogP contribution in [0, 0.1) is 5.92 Å². The van der Waals surface area contributed by atoms with E-state index in [0.29, 0.717) is 0 Å². The standard InChI is InChI=1S/C29H38N2O2/c1-28(2,17-15-22-11-8-12-22)33-27(32)30-29-18-16-24-13-6-7-14-25(24)26(29)20-31(21-29)19-23-9-4-3-5-10-23/h3-7,9-10,13-14,22,26H,8,11-12,15-21H2,1-2H3,(H,30,32). The zero-order valence-corrected chi connectivity index (χ0v) is 20.2. The van der Waals surface area contributed by atoms with E-state index in [2.05, 4.69) is 78.7 Å². The van der Waals surface area contributed by atoms with Crippen molar-refractivity contribution in [2.75, 3.05) is 13.1 Å². The molecule has 2 aliphatic carbocycles. The van der Waals surface area contributed by atoms with Crippen LogP contribution in [-0.4, -0.2) is 35.2 Å². The molecule has 2 fully saturated rings. The summed E-state index contributed by atoms with van der Waals surface area (Å²) in [5.74, 6) is 1.12. The number of likely N-dealkylation sites (tertiary alicyclic amines) is 1. The van der Waals surface area contributed by atoms with Gasteiger partial charge in [-0.2, -0.15) is 0 Å². The van der Waals surface area contributed by atoms with Crippen LogP contribution in [0.1, 0.15) is 75.0 Å². The van der Waals surface area contributed by atoms with E-state index in [1.54, 1.807) is 0 Å². The number of carbonyl (C=O) groups excluding carboxylic acids is 1. The molecular formula is C29H38N2O2. The SMILES string of the molecule is CC(C)(CCC1CCC1)OC(=O)NC12CCc3ccccc3C1CN(Cc1ccccc1)C2. The minimum absolute atomic E-state index is 0.250. The Bertz CT molecular complexity index is 969. The molecule has 1 heterocycles. The quantitative estimate of drug-likeness (QED) is 0.562. The number of aryl methyl sites for hydroxylation is 1. The van der Waals surface area contributed by atoms with Crippen LogP contribution >= 0.6 is 0 Å². The average molecular weight is 447 g/mol. The van der Waals surface area contributed by atoms with Crippen LogP contribution in [0.15, 0.2) is 54.6 Å². The lowest BCUT2D eigenvalue weighted by Crippen LogP contribution is -2.56. The van der Waals surface area contributed by atoms with Crippen molar-refractivity contribution in [2.24, 2.45) is 5.92 Å². The van der Waals surface area contributed by atoms with Gasteiger partial charge in [-0.15, -0.1) is 0 Å². The van der Waals surface area contributed by atoms with Crippen molar-refractivity contribution in [3.63, 3.8) is 0 Å². The number of hydrogen-bond donors (Lipinski definition) is 1. The number of ether oxygens (including phenoxy) is 1. The Balaban J connectivity index is 1.31. The first-order valence-corrected chi connectivity index (χ1v) is 12.8. The summed E-state index contributed by atoms with van der Waals surface area (Å²) in [6, 6.07) is 19.4. The van der Waals surface area contributed by atoms with Gasteiger partial charge in [-0.05, 0) is 62.1 Å². The lowest BCUT2D eigenvalue weighted by Gasteiger charge is -2.41. The van der Waals surface area contributed by atoms with Crippen molar-refractivity contribution in [3.05, 3.63) is 71.3 Å². The Morgan fingerprint density at radius 3 is 2.64 bits per heavy atom. The first-order chi connectivity index (χ1) is 15.9. The molecule has 0 aromatic heterocycles. The van der Waals surface area contributed by atoms with Crippen molar-refractivity contribution >= 4 is 6.09 Å². The molecule has 0 radical (unpaired) electrons. The number of nitrogens with zero attached hydrogens (tertiary/aromatic N) is 1. The maximum absolute atomic E-state index is 13.2. The third kappa shape index (κ3) is 4.96. The third-order valence-corrected chi connectivity index (χ3v) is 8.23. The van der Waals surface area contributed by atoms with Gasteiger partial charge >= 0.3 is 6.09 Å². The van der Waals surface area contributed by atoms with Gasteiger partial charge < -0.3 is 10.1 Å². The van der Waals surface area contributed by atoms with Crippen LogP contribution in [-0.2, 0) is 17.7 Å². The molecule has 3 aliphatic rings. The normalized spacial score (nSPS) is 25.1. The summed E-state index contributed by atoms with van der Waals surface area (Å²) in [5.41, 5.74) is 3.43. The minimum atomic E-state index is -0.430. The van der Waals surface area contributed by atoms with Gasteiger partial charge in [-0.25, -0.2) is 4.79 Å². The molecule has 2 aromatic rings. The number of amides is 1. The van der Waals surface area contributed by atoms with Gasteiger partial charge in [0.15, 0.2) is 0 Å². The highest BCUT2D eigenvalue weighted by Crippen LogP contribution is 2.45. The minimum Gasteiger partial charge on any atom is -0.444 e. The highest BCUT2D eigenvalue weighted by molar-refractivity contribution is 5.69. The third-order valence-electron chi connectivity index (χ3n) is 8.23. The van der Waals surface area contributed by atoms with Crippen molar-refractivity contribution in [1.82, 2.24) is 10.2 Å². The van der Waals surface area contributed by atoms with E-state index >= 15 is 0 Å². The Hall–Kier alpha value is -2.33. The molecule has 4 heteroatoms. The van der Waals surface area contributed by atoms with Gasteiger partial charge in [-0.1, -0.05) is 73.9 Å². The molecule has 1 aliphatic heterocycles. The lowest BCUT2D eigenvalue weighted by molar-refractivity contribution is 0.0185. The molecule has 1 amide bonds. The first-order valence-electron chi connectivity index (χ1n) is 12.8. The van der Waals surface area contributed by atoms with Crippen LogP contribution in [0.25, 0.3) is 0 Å². The van der Waals surface area contributed by atoms with Crippen molar-refractivity contribution in [1.29, 1.82) is 0 Å². The summed E-state index contributed by atoms with van der Waals surface area (Å²) >= 11 is 0. The summed E-state index contributed by atoms with van der Waals surface area (Å²) in [4.78, 5) is 15.7. The van der Waals surface area contributed by atoms with E-state index in [0.717, 1.165) is 51.2 Å². The number of alkyl carbamates (subject to hydrolysis) is 1. The molecule has 0 spiro atoms. The van der Waals surface area contributed by atoms with Crippen molar-refractivity contribution < 1.29 is 9.53 Å². The first kappa shape index (κ1) is 22.5. The molecule has 5 rings (SSSR count). The highest BCUT2D eigenvalue weighted by atomic mass is 16.6. The van der Waals surface area contributed by atoms with Gasteiger partial charge in [0.1, 0.15) is 5.60 Å². The van der Waals surface area contributed by atoms with Crippen LogP contribution in [0.3, 0.4) is 0 Å². The molecular weight excluding hydrogens is 408 g/mol. The second kappa shape index (κ2) is 9.13. The zero-order valence-electron chi connectivity index (χ0n) is 20.2. The second-order valence-corrected chi connectivity index (χ2v) is 11.2. The smallest absolute Gasteiger partial charge is 0.408 e. The predicted octanol–water partition coefficient (Wildman–Crippen LogP) is 6.06. The fourth-order valence-electron chi connectivity index (χ4n) is 6.13. The fourth-order valence-corrected chi connectivity index (χ4v) is 6.13. The van der Waals surface area contributed by atoms with E-state index in [1.807, 2.05) is 0 Å². The Morgan fingerprint density at radius 1 is 1.12 bits per heavy atom. The fraction of sp³-hybridized carbons (Fsp3) is 0.552. The molecule has 176 valence electrons. The second-order valence-electron chi connectivity index (χ2n) is 11.2. The molecule has 1 saturated carbocycles. The summed E-state index contributed by atoms with van der Waals surface area (Å²) in [6.07, 6.45) is 7.83. The van der Waals surface area contributed by atoms with E-state index in [9.17, 15) is 4.79 Å². The monoisotopic (exact) mass is 446 g/mol. The number of hydrogen-bond acceptors (Lipinski definition) is 3. The number of fused-ring (bicyclic) bond motifs is 3. The molecule has 1 N–H and O–H groups in total. The molecule has 2 unspecified atom stereocenters. The summed E-state index contributed by atoms with van der Waals surface area (Å²) < 4.78 is 6.04. The van der Waals surface area contributed by atoms with Crippen LogP contribution in [0.4, 0.5) is 4.79 Å². The average Bonchev–Trinajstić information content (AvgIpc) is 3.10. The number of nitrogens with one attached hydrogen (secondary N) is 1. The highest BCUT2D eigenvalue weighted by Gasteiger charge is 2.51. The van der Waals surface area contributed by atoms with Gasteiger partial charge in [-0.3, -0.25) is 4.90 Å². The van der Waals surface area contributed by atoms with Crippen LogP contribution in [0.5, 0.6) is 0 Å². The van der Waals surface area contributed by atoms with E-state index in [-0.39, 0.29) is 17.6 Å².